The summed E-state index contributed by atoms with van der Waals surface area (Å²) in [4.78, 5) is 55.0. The highest BCUT2D eigenvalue weighted by atomic mass is 32.2. The highest BCUT2D eigenvalue weighted by Gasteiger charge is 2.18. The van der Waals surface area contributed by atoms with Gasteiger partial charge in [0.2, 0.25) is 5.91 Å². The summed E-state index contributed by atoms with van der Waals surface area (Å²) in [7, 11) is 0. The number of nitro benzene ring substituents is 1. The quantitative estimate of drug-likeness (QED) is 0.0573. The van der Waals surface area contributed by atoms with Gasteiger partial charge in [-0.25, -0.2) is 4.98 Å². The molecule has 0 aliphatic rings. The number of benzene rings is 4. The van der Waals surface area contributed by atoms with E-state index < -0.39 is 22.0 Å². The van der Waals surface area contributed by atoms with Gasteiger partial charge >= 0.3 is 0 Å². The molecule has 3 amide bonds. The maximum absolute atomic E-state index is 13.3. The number of thiazole rings is 1. The number of carbonyl (C=O) groups excluding carboxylic acids is 3. The predicted octanol–water partition coefficient (Wildman–Crippen LogP) is 7.56. The SMILES string of the molecule is Cc1cccc(/C=C(\NC(=O)c2ccccc2)C(=O)Nc2ccc(SC(C)C(=O)Nc3nc(-c4cccc([N+](=O)[O-])c4)cs3)cc2)c1. The van der Waals surface area contributed by atoms with Crippen molar-refractivity contribution in [2.24, 2.45) is 0 Å². The number of hydrogen-bond donors (Lipinski definition) is 3. The number of nitrogens with zero attached hydrogens (tertiary/aromatic N) is 2. The van der Waals surface area contributed by atoms with Gasteiger partial charge in [0.15, 0.2) is 5.13 Å². The Kier molecular flexibility index (Phi) is 10.6. The van der Waals surface area contributed by atoms with Crippen LogP contribution < -0.4 is 16.0 Å². The van der Waals surface area contributed by atoms with Crippen LogP contribution >= 0.6 is 23.1 Å². The van der Waals surface area contributed by atoms with Crippen LogP contribution in [0.3, 0.4) is 0 Å². The van der Waals surface area contributed by atoms with E-state index in [-0.39, 0.29) is 17.3 Å². The number of amides is 3. The Morgan fingerprint density at radius 1 is 0.915 bits per heavy atom. The van der Waals surface area contributed by atoms with Crippen LogP contribution in [-0.4, -0.2) is 32.9 Å². The summed E-state index contributed by atoms with van der Waals surface area (Å²) in [5.41, 5.74) is 3.88. The van der Waals surface area contributed by atoms with E-state index in [1.54, 1.807) is 79.0 Å². The minimum absolute atomic E-state index is 0.0364. The van der Waals surface area contributed by atoms with Crippen molar-refractivity contribution in [3.63, 3.8) is 0 Å². The first-order chi connectivity index (χ1) is 22.6. The fraction of sp³-hybridized carbons (Fsp3) is 0.0857. The Hall–Kier alpha value is -5.59. The lowest BCUT2D eigenvalue weighted by Gasteiger charge is -2.13. The Balaban J connectivity index is 1.21. The molecule has 1 unspecified atom stereocenters. The van der Waals surface area contributed by atoms with Crippen LogP contribution in [-0.2, 0) is 9.59 Å². The molecule has 0 saturated heterocycles. The van der Waals surface area contributed by atoms with Gasteiger partial charge in [-0.3, -0.25) is 24.5 Å². The number of carbonyl (C=O) groups is 3. The molecule has 0 radical (unpaired) electrons. The lowest BCUT2D eigenvalue weighted by atomic mass is 10.1. The molecular formula is C35H29N5O5S2. The van der Waals surface area contributed by atoms with E-state index >= 15 is 0 Å². The largest absolute Gasteiger partial charge is 0.321 e. The lowest BCUT2D eigenvalue weighted by Crippen LogP contribution is -2.30. The summed E-state index contributed by atoms with van der Waals surface area (Å²) in [6, 6.07) is 29.4. The maximum atomic E-state index is 13.3. The molecule has 0 bridgehead atoms. The van der Waals surface area contributed by atoms with Crippen molar-refractivity contribution in [2.75, 3.05) is 10.6 Å². The molecule has 47 heavy (non-hydrogen) atoms. The zero-order valence-electron chi connectivity index (χ0n) is 25.3. The standard InChI is InChI=1S/C35H29N5O5S2/c1-22-8-6-9-24(18-22)19-30(37-33(42)25-10-4-3-5-11-25)34(43)36-27-14-16-29(17-15-27)47-23(2)32(41)39-35-38-31(21-46-35)26-12-7-13-28(20-26)40(44)45/h3-21,23H,1-2H3,(H,36,43)(H,37,42)(H,38,39,41)/b30-19-. The van der Waals surface area contributed by atoms with Crippen molar-refractivity contribution < 1.29 is 19.3 Å². The number of aryl methyl sites for hydroxylation is 1. The molecule has 0 spiro atoms. The minimum Gasteiger partial charge on any atom is -0.321 e. The topological polar surface area (TPSA) is 143 Å². The Bertz CT molecular complexity index is 1960. The lowest BCUT2D eigenvalue weighted by molar-refractivity contribution is -0.384. The van der Waals surface area contributed by atoms with Gasteiger partial charge in [0.1, 0.15) is 5.70 Å². The number of nitro groups is 1. The van der Waals surface area contributed by atoms with E-state index in [2.05, 4.69) is 20.9 Å². The second kappa shape index (κ2) is 15.1. The first-order valence-electron chi connectivity index (χ1n) is 14.4. The van der Waals surface area contributed by atoms with Crippen LogP contribution in [0.4, 0.5) is 16.5 Å². The van der Waals surface area contributed by atoms with Gasteiger partial charge in [0.25, 0.3) is 17.5 Å². The fourth-order valence-electron chi connectivity index (χ4n) is 4.39. The van der Waals surface area contributed by atoms with E-state index in [1.807, 2.05) is 37.3 Å². The smallest absolute Gasteiger partial charge is 0.272 e. The third kappa shape index (κ3) is 9.00. The highest BCUT2D eigenvalue weighted by molar-refractivity contribution is 8.00. The molecular weight excluding hydrogens is 635 g/mol. The van der Waals surface area contributed by atoms with Crippen LogP contribution in [0, 0.1) is 17.0 Å². The van der Waals surface area contributed by atoms with Gasteiger partial charge in [0, 0.05) is 39.2 Å². The summed E-state index contributed by atoms with van der Waals surface area (Å²) >= 11 is 2.56. The van der Waals surface area contributed by atoms with Crippen molar-refractivity contribution in [1.82, 2.24) is 10.3 Å². The van der Waals surface area contributed by atoms with Crippen molar-refractivity contribution >= 4 is 63.4 Å². The summed E-state index contributed by atoms with van der Waals surface area (Å²) < 4.78 is 0. The predicted molar refractivity (Wildman–Crippen MR) is 186 cm³/mol. The third-order valence-corrected chi connectivity index (χ3v) is 8.63. The second-order valence-corrected chi connectivity index (χ2v) is 12.6. The van der Waals surface area contributed by atoms with Crippen LogP contribution in [0.15, 0.2) is 119 Å². The number of hydrogen-bond acceptors (Lipinski definition) is 8. The van der Waals surface area contributed by atoms with Crippen LogP contribution in [0.25, 0.3) is 17.3 Å². The van der Waals surface area contributed by atoms with Gasteiger partial charge in [-0.05, 0) is 61.9 Å². The van der Waals surface area contributed by atoms with E-state index in [1.165, 1.54) is 35.2 Å². The Morgan fingerprint density at radius 2 is 1.66 bits per heavy atom. The second-order valence-electron chi connectivity index (χ2n) is 10.4. The van der Waals surface area contributed by atoms with Gasteiger partial charge in [0.05, 0.1) is 15.9 Å². The van der Waals surface area contributed by atoms with Gasteiger partial charge < -0.3 is 16.0 Å². The molecule has 236 valence electrons. The molecule has 1 atom stereocenters. The molecule has 0 aliphatic carbocycles. The first-order valence-corrected chi connectivity index (χ1v) is 16.1. The number of rotatable bonds is 11. The monoisotopic (exact) mass is 663 g/mol. The average molecular weight is 664 g/mol. The molecule has 1 aromatic heterocycles. The molecule has 4 aromatic carbocycles. The maximum Gasteiger partial charge on any atom is 0.272 e. The van der Waals surface area contributed by atoms with Gasteiger partial charge in [-0.15, -0.1) is 23.1 Å². The normalized spacial score (nSPS) is 11.7. The van der Waals surface area contributed by atoms with E-state index in [4.69, 9.17) is 0 Å². The zero-order valence-corrected chi connectivity index (χ0v) is 26.9. The number of non-ortho nitro benzene ring substituents is 1. The summed E-state index contributed by atoms with van der Waals surface area (Å²) in [5.74, 6) is -1.15. The molecule has 0 aliphatic heterocycles. The van der Waals surface area contributed by atoms with Crippen molar-refractivity contribution in [2.45, 2.75) is 24.0 Å². The number of aromatic nitrogens is 1. The van der Waals surface area contributed by atoms with Crippen molar-refractivity contribution in [1.29, 1.82) is 0 Å². The molecule has 3 N–H and O–H groups in total. The molecule has 10 nitrogen and oxygen atoms in total. The molecule has 1 heterocycles. The van der Waals surface area contributed by atoms with Gasteiger partial charge in [-0.2, -0.15) is 0 Å². The van der Waals surface area contributed by atoms with Crippen LogP contribution in [0.1, 0.15) is 28.4 Å². The first kappa shape index (κ1) is 32.8. The molecule has 12 heteroatoms. The number of nitrogens with one attached hydrogen (secondary N) is 3. The van der Waals surface area contributed by atoms with Crippen molar-refractivity contribution in [3.05, 3.63) is 141 Å². The summed E-state index contributed by atoms with van der Waals surface area (Å²) in [6.07, 6.45) is 1.63. The van der Waals surface area contributed by atoms with E-state index in [0.717, 1.165) is 16.0 Å². The summed E-state index contributed by atoms with van der Waals surface area (Å²) in [6.45, 7) is 3.71. The van der Waals surface area contributed by atoms with E-state index in [9.17, 15) is 24.5 Å². The van der Waals surface area contributed by atoms with Gasteiger partial charge in [-0.1, -0.05) is 60.2 Å². The Labute approximate surface area is 279 Å². The minimum atomic E-state index is -0.489. The molecule has 5 aromatic rings. The Morgan fingerprint density at radius 3 is 2.38 bits per heavy atom. The molecule has 0 saturated carbocycles. The third-order valence-electron chi connectivity index (χ3n) is 6.76. The number of anilines is 2. The van der Waals surface area contributed by atoms with Crippen LogP contribution in [0.2, 0.25) is 0 Å². The number of thioether (sulfide) groups is 1. The average Bonchev–Trinajstić information content (AvgIpc) is 3.54. The van der Waals surface area contributed by atoms with Crippen molar-refractivity contribution in [3.8, 4) is 11.3 Å². The summed E-state index contributed by atoms with van der Waals surface area (Å²) in [5, 5.41) is 21.1. The van der Waals surface area contributed by atoms with E-state index in [0.29, 0.717) is 27.6 Å². The zero-order chi connectivity index (χ0) is 33.3. The fourth-order valence-corrected chi connectivity index (χ4v) is 5.98. The highest BCUT2D eigenvalue weighted by Crippen LogP contribution is 2.29. The van der Waals surface area contributed by atoms with Crippen LogP contribution in [0.5, 0.6) is 0 Å². The molecule has 0 fully saturated rings. The molecule has 5 rings (SSSR count).